The van der Waals surface area contributed by atoms with Gasteiger partial charge in [0, 0.05) is 10.3 Å². The first-order valence-corrected chi connectivity index (χ1v) is 8.93. The molecule has 0 aromatic heterocycles. The molecule has 1 aromatic rings. The van der Waals surface area contributed by atoms with E-state index in [9.17, 15) is 0 Å². The molecular formula is C16H26OS2. The van der Waals surface area contributed by atoms with Crippen LogP contribution in [0.4, 0.5) is 0 Å². The van der Waals surface area contributed by atoms with Gasteiger partial charge >= 0.3 is 0 Å². The average molecular weight is 299 g/mol. The van der Waals surface area contributed by atoms with Crippen molar-refractivity contribution in [2.75, 3.05) is 18.6 Å². The molecule has 3 heteroatoms. The second-order valence-electron chi connectivity index (χ2n) is 5.12. The maximum atomic E-state index is 6.01. The van der Waals surface area contributed by atoms with Crippen molar-refractivity contribution >= 4 is 24.4 Å². The molecule has 0 aliphatic heterocycles. The Labute approximate surface area is 127 Å². The maximum absolute atomic E-state index is 6.01. The molecule has 0 saturated heterocycles. The fourth-order valence-electron chi connectivity index (χ4n) is 2.44. The van der Waals surface area contributed by atoms with E-state index in [0.717, 1.165) is 18.1 Å². The normalized spacial score (nSPS) is 11.6. The average Bonchev–Trinajstić information content (AvgIpc) is 2.46. The molecule has 0 spiro atoms. The molecule has 1 aromatic carbocycles. The highest BCUT2D eigenvalue weighted by Gasteiger charge is 2.27. The van der Waals surface area contributed by atoms with E-state index in [1.807, 2.05) is 0 Å². The Hall–Kier alpha value is -0.280. The van der Waals surface area contributed by atoms with Gasteiger partial charge in [-0.2, -0.15) is 12.6 Å². The molecule has 108 valence electrons. The van der Waals surface area contributed by atoms with Crippen molar-refractivity contribution in [3.8, 4) is 5.75 Å². The number of benzene rings is 1. The lowest BCUT2D eigenvalue weighted by atomic mass is 9.82. The van der Waals surface area contributed by atoms with E-state index in [-0.39, 0.29) is 5.41 Å². The summed E-state index contributed by atoms with van der Waals surface area (Å²) >= 11 is 6.32. The molecule has 0 aliphatic carbocycles. The molecule has 19 heavy (non-hydrogen) atoms. The summed E-state index contributed by atoms with van der Waals surface area (Å²) in [5, 5.41) is 0. The van der Waals surface area contributed by atoms with Crippen LogP contribution in [0.5, 0.6) is 5.75 Å². The van der Waals surface area contributed by atoms with Crippen LogP contribution in [0.2, 0.25) is 0 Å². The first-order chi connectivity index (χ1) is 9.19. The Morgan fingerprint density at radius 1 is 1.11 bits per heavy atom. The van der Waals surface area contributed by atoms with Crippen LogP contribution in [-0.2, 0) is 0 Å². The van der Waals surface area contributed by atoms with Gasteiger partial charge in [0.25, 0.3) is 0 Å². The van der Waals surface area contributed by atoms with Gasteiger partial charge in [-0.15, -0.1) is 11.8 Å². The minimum Gasteiger partial charge on any atom is -0.493 e. The molecule has 0 amide bonds. The smallest absolute Gasteiger partial charge is 0.119 e. The first-order valence-electron chi connectivity index (χ1n) is 7.07. The van der Waals surface area contributed by atoms with Crippen LogP contribution in [0.25, 0.3) is 0 Å². The van der Waals surface area contributed by atoms with E-state index in [1.165, 1.54) is 30.6 Å². The summed E-state index contributed by atoms with van der Waals surface area (Å²) in [5.74, 6) is 1.87. The van der Waals surface area contributed by atoms with E-state index in [2.05, 4.69) is 57.0 Å². The van der Waals surface area contributed by atoms with Gasteiger partial charge in [0.2, 0.25) is 0 Å². The van der Waals surface area contributed by atoms with E-state index < -0.39 is 0 Å². The molecule has 1 nitrogen and oxygen atoms in total. The topological polar surface area (TPSA) is 9.23 Å². The van der Waals surface area contributed by atoms with Crippen LogP contribution in [0, 0.1) is 5.41 Å². The highest BCUT2D eigenvalue weighted by atomic mass is 32.2. The zero-order chi connectivity index (χ0) is 14.1. The van der Waals surface area contributed by atoms with E-state index >= 15 is 0 Å². The van der Waals surface area contributed by atoms with Gasteiger partial charge in [-0.1, -0.05) is 26.7 Å². The highest BCUT2D eigenvalue weighted by Crippen LogP contribution is 2.32. The van der Waals surface area contributed by atoms with Gasteiger partial charge in [0.1, 0.15) is 5.75 Å². The summed E-state index contributed by atoms with van der Waals surface area (Å²) in [6.45, 7) is 5.25. The van der Waals surface area contributed by atoms with E-state index in [0.29, 0.717) is 0 Å². The molecule has 0 aliphatic rings. The molecule has 0 saturated carbocycles. The van der Waals surface area contributed by atoms with Crippen molar-refractivity contribution in [3.05, 3.63) is 24.3 Å². The molecule has 1 rings (SSSR count). The second kappa shape index (κ2) is 8.80. The van der Waals surface area contributed by atoms with Crippen molar-refractivity contribution in [3.63, 3.8) is 0 Å². The SMILES string of the molecule is CCCC(CS)(CCC)COc1ccc(SC)cc1. The molecular weight excluding hydrogens is 272 g/mol. The summed E-state index contributed by atoms with van der Waals surface area (Å²) < 4.78 is 6.01. The lowest BCUT2D eigenvalue weighted by molar-refractivity contribution is 0.143. The first kappa shape index (κ1) is 16.8. The lowest BCUT2D eigenvalue weighted by Gasteiger charge is -2.31. The Morgan fingerprint density at radius 3 is 2.11 bits per heavy atom. The van der Waals surface area contributed by atoms with Crippen LogP contribution in [-0.4, -0.2) is 18.6 Å². The number of hydrogen-bond donors (Lipinski definition) is 1. The minimum atomic E-state index is 0.227. The molecule has 0 N–H and O–H groups in total. The summed E-state index contributed by atoms with van der Waals surface area (Å²) in [5.41, 5.74) is 0.227. The predicted octanol–water partition coefficient (Wildman–Crippen LogP) is 5.30. The van der Waals surface area contributed by atoms with Crippen LogP contribution in [0.3, 0.4) is 0 Å². The zero-order valence-electron chi connectivity index (χ0n) is 12.3. The fourth-order valence-corrected chi connectivity index (χ4v) is 3.26. The molecule has 0 unspecified atom stereocenters. The predicted molar refractivity (Wildman–Crippen MR) is 89.8 cm³/mol. The molecule has 0 heterocycles. The van der Waals surface area contributed by atoms with Crippen LogP contribution in [0.15, 0.2) is 29.2 Å². The third-order valence-electron chi connectivity index (χ3n) is 3.50. The summed E-state index contributed by atoms with van der Waals surface area (Å²) in [6.07, 6.45) is 6.84. The monoisotopic (exact) mass is 298 g/mol. The van der Waals surface area contributed by atoms with E-state index in [1.54, 1.807) is 11.8 Å². The van der Waals surface area contributed by atoms with Crippen molar-refractivity contribution in [2.45, 2.75) is 44.4 Å². The number of hydrogen-bond acceptors (Lipinski definition) is 3. The summed E-state index contributed by atoms with van der Waals surface area (Å²) in [7, 11) is 0. The van der Waals surface area contributed by atoms with Crippen molar-refractivity contribution in [2.24, 2.45) is 5.41 Å². The fraction of sp³-hybridized carbons (Fsp3) is 0.625. The Kier molecular flexibility index (Phi) is 7.77. The lowest BCUT2D eigenvalue weighted by Crippen LogP contribution is -2.30. The van der Waals surface area contributed by atoms with Gasteiger partial charge in [-0.25, -0.2) is 0 Å². The number of thioether (sulfide) groups is 1. The number of rotatable bonds is 9. The molecule has 0 radical (unpaired) electrons. The van der Waals surface area contributed by atoms with Crippen molar-refractivity contribution in [1.29, 1.82) is 0 Å². The standard InChI is InChI=1S/C16H26OS2/c1-4-10-16(13-18,11-5-2)12-17-14-6-8-15(19-3)9-7-14/h6-9,18H,4-5,10-13H2,1-3H3. The zero-order valence-corrected chi connectivity index (χ0v) is 14.0. The van der Waals surface area contributed by atoms with Gasteiger partial charge in [0.15, 0.2) is 0 Å². The van der Waals surface area contributed by atoms with Crippen LogP contribution in [0.1, 0.15) is 39.5 Å². The van der Waals surface area contributed by atoms with Crippen LogP contribution < -0.4 is 4.74 Å². The van der Waals surface area contributed by atoms with Crippen molar-refractivity contribution < 1.29 is 4.74 Å². The van der Waals surface area contributed by atoms with Gasteiger partial charge in [-0.05, 0) is 49.1 Å². The van der Waals surface area contributed by atoms with Gasteiger partial charge in [0.05, 0.1) is 6.61 Å². The molecule has 0 bridgehead atoms. The van der Waals surface area contributed by atoms with Gasteiger partial charge < -0.3 is 4.74 Å². The number of ether oxygens (including phenoxy) is 1. The number of thiol groups is 1. The second-order valence-corrected chi connectivity index (χ2v) is 6.32. The highest BCUT2D eigenvalue weighted by molar-refractivity contribution is 7.98. The Balaban J connectivity index is 2.63. The maximum Gasteiger partial charge on any atom is 0.119 e. The summed E-state index contributed by atoms with van der Waals surface area (Å²) in [4.78, 5) is 1.27. The van der Waals surface area contributed by atoms with Crippen LogP contribution >= 0.6 is 24.4 Å². The third kappa shape index (κ3) is 5.31. The quantitative estimate of drug-likeness (QED) is 0.489. The van der Waals surface area contributed by atoms with Gasteiger partial charge in [-0.3, -0.25) is 0 Å². The summed E-state index contributed by atoms with van der Waals surface area (Å²) in [6, 6.07) is 8.35. The Morgan fingerprint density at radius 2 is 1.68 bits per heavy atom. The molecule has 0 atom stereocenters. The largest absolute Gasteiger partial charge is 0.493 e. The molecule has 0 fully saturated rings. The minimum absolute atomic E-state index is 0.227. The Bertz CT molecular complexity index is 342. The van der Waals surface area contributed by atoms with Crippen molar-refractivity contribution in [1.82, 2.24) is 0 Å². The van der Waals surface area contributed by atoms with E-state index in [4.69, 9.17) is 4.74 Å². The third-order valence-corrected chi connectivity index (χ3v) is 4.91.